The number of aliphatic hydroxyl groups is 1. The lowest BCUT2D eigenvalue weighted by Crippen LogP contribution is -2.54. The second-order valence-electron chi connectivity index (χ2n) is 5.27. The molecule has 1 aliphatic rings. The Kier molecular flexibility index (Phi) is 3.78. The fraction of sp³-hybridized carbons (Fsp3) is 0.429. The van der Waals surface area contributed by atoms with Crippen molar-refractivity contribution in [1.29, 1.82) is 0 Å². The summed E-state index contributed by atoms with van der Waals surface area (Å²) in [4.78, 5) is 24.9. The predicted octanol–water partition coefficient (Wildman–Crippen LogP) is -0.0931. The van der Waals surface area contributed by atoms with Crippen molar-refractivity contribution in [3.05, 3.63) is 35.9 Å². The van der Waals surface area contributed by atoms with Crippen LogP contribution in [0, 0.1) is 0 Å². The number of rotatable bonds is 3. The molecule has 0 bridgehead atoms. The van der Waals surface area contributed by atoms with Crippen LogP contribution in [0.3, 0.4) is 0 Å². The number of carboxylic acids is 1. The highest BCUT2D eigenvalue weighted by atomic mass is 16.4. The molecule has 0 spiro atoms. The molecular weight excluding hydrogens is 260 g/mol. The lowest BCUT2D eigenvalue weighted by Gasteiger charge is -2.31. The lowest BCUT2D eigenvalue weighted by atomic mass is 9.91. The van der Waals surface area contributed by atoms with Crippen LogP contribution in [0.15, 0.2) is 30.3 Å². The number of amides is 1. The first kappa shape index (κ1) is 14.5. The first-order valence-corrected chi connectivity index (χ1v) is 6.40. The van der Waals surface area contributed by atoms with Crippen molar-refractivity contribution in [3.8, 4) is 0 Å². The fourth-order valence-corrected chi connectivity index (χ4v) is 2.48. The number of aliphatic hydroxyl groups excluding tert-OH is 1. The Hall–Kier alpha value is -1.92. The van der Waals surface area contributed by atoms with E-state index in [1.54, 1.807) is 31.2 Å². The lowest BCUT2D eigenvalue weighted by molar-refractivity contribution is -0.150. The van der Waals surface area contributed by atoms with Gasteiger partial charge in [-0.2, -0.15) is 0 Å². The first-order chi connectivity index (χ1) is 9.34. The third kappa shape index (κ3) is 2.52. The minimum absolute atomic E-state index is 0.00454. The molecule has 1 fully saturated rings. The van der Waals surface area contributed by atoms with Crippen molar-refractivity contribution >= 4 is 11.9 Å². The molecule has 1 saturated heterocycles. The molecule has 0 radical (unpaired) electrons. The van der Waals surface area contributed by atoms with Crippen LogP contribution in [0.1, 0.15) is 18.9 Å². The van der Waals surface area contributed by atoms with E-state index in [0.717, 1.165) is 4.90 Å². The molecule has 4 N–H and O–H groups in total. The molecule has 20 heavy (non-hydrogen) atoms. The Morgan fingerprint density at radius 3 is 2.50 bits per heavy atom. The van der Waals surface area contributed by atoms with Crippen LogP contribution in [0.5, 0.6) is 0 Å². The molecule has 1 aromatic rings. The Balaban J connectivity index is 2.28. The molecule has 1 unspecified atom stereocenters. The Bertz CT molecular complexity index is 515. The summed E-state index contributed by atoms with van der Waals surface area (Å²) in [5.74, 6) is -1.62. The van der Waals surface area contributed by atoms with E-state index < -0.39 is 29.6 Å². The van der Waals surface area contributed by atoms with Gasteiger partial charge < -0.3 is 20.8 Å². The molecule has 1 amide bonds. The minimum atomic E-state index is -1.32. The number of hydrogen-bond donors (Lipinski definition) is 3. The van der Waals surface area contributed by atoms with Crippen molar-refractivity contribution in [1.82, 2.24) is 4.90 Å². The van der Waals surface area contributed by atoms with Gasteiger partial charge in [-0.1, -0.05) is 30.3 Å². The van der Waals surface area contributed by atoms with E-state index in [2.05, 4.69) is 0 Å². The number of nitrogens with two attached hydrogens (primary N) is 1. The molecule has 1 heterocycles. The van der Waals surface area contributed by atoms with Gasteiger partial charge in [0.25, 0.3) is 0 Å². The van der Waals surface area contributed by atoms with Crippen LogP contribution in [-0.2, 0) is 15.1 Å². The number of carbonyl (C=O) groups excluding carboxylic acids is 1. The minimum Gasteiger partial charge on any atom is -0.480 e. The summed E-state index contributed by atoms with van der Waals surface area (Å²) in [6.07, 6.45) is -0.794. The number of carboxylic acid groups (broad SMARTS) is 1. The number of carbonyl (C=O) groups is 2. The smallest absolute Gasteiger partial charge is 0.326 e. The number of β-amino-alcohol motifs (C(OH)–C–C–N with tert-alkyl or cyclic N) is 1. The van der Waals surface area contributed by atoms with Crippen LogP contribution in [0.2, 0.25) is 0 Å². The van der Waals surface area contributed by atoms with Crippen molar-refractivity contribution < 1.29 is 19.8 Å². The molecular formula is C14H18N2O4. The van der Waals surface area contributed by atoms with Crippen molar-refractivity contribution in [2.75, 3.05) is 6.54 Å². The van der Waals surface area contributed by atoms with Gasteiger partial charge in [0.1, 0.15) is 11.6 Å². The second-order valence-corrected chi connectivity index (χ2v) is 5.27. The summed E-state index contributed by atoms with van der Waals surface area (Å²) < 4.78 is 0. The maximum Gasteiger partial charge on any atom is 0.326 e. The van der Waals surface area contributed by atoms with E-state index in [4.69, 9.17) is 10.8 Å². The van der Waals surface area contributed by atoms with Gasteiger partial charge in [0.15, 0.2) is 0 Å². The van der Waals surface area contributed by atoms with Crippen molar-refractivity contribution in [3.63, 3.8) is 0 Å². The van der Waals surface area contributed by atoms with Gasteiger partial charge in [-0.25, -0.2) is 4.79 Å². The zero-order chi connectivity index (χ0) is 14.9. The Labute approximate surface area is 116 Å². The zero-order valence-electron chi connectivity index (χ0n) is 11.2. The first-order valence-electron chi connectivity index (χ1n) is 6.40. The molecule has 0 aromatic heterocycles. The largest absolute Gasteiger partial charge is 0.480 e. The van der Waals surface area contributed by atoms with Crippen LogP contribution in [-0.4, -0.2) is 45.7 Å². The molecule has 108 valence electrons. The summed E-state index contributed by atoms with van der Waals surface area (Å²) in [5.41, 5.74) is 5.39. The summed E-state index contributed by atoms with van der Waals surface area (Å²) in [7, 11) is 0. The van der Waals surface area contributed by atoms with Crippen molar-refractivity contribution in [2.24, 2.45) is 5.73 Å². The van der Waals surface area contributed by atoms with Crippen LogP contribution >= 0.6 is 0 Å². The zero-order valence-corrected chi connectivity index (χ0v) is 11.2. The Morgan fingerprint density at radius 1 is 1.35 bits per heavy atom. The molecule has 0 saturated carbocycles. The molecule has 6 nitrogen and oxygen atoms in total. The molecule has 3 atom stereocenters. The fourth-order valence-electron chi connectivity index (χ4n) is 2.48. The third-order valence-electron chi connectivity index (χ3n) is 3.64. The number of aliphatic carboxylic acids is 1. The average molecular weight is 278 g/mol. The van der Waals surface area contributed by atoms with Gasteiger partial charge in [0, 0.05) is 13.0 Å². The highest BCUT2D eigenvalue weighted by Gasteiger charge is 2.44. The van der Waals surface area contributed by atoms with E-state index in [1.165, 1.54) is 0 Å². The SMILES string of the molecule is CC(N)(C(=O)N1C[C@H](O)C[C@H]1C(=O)O)c1ccccc1. The summed E-state index contributed by atoms with van der Waals surface area (Å²) in [5, 5.41) is 18.7. The number of nitrogens with zero attached hydrogens (tertiary/aromatic N) is 1. The number of benzene rings is 1. The van der Waals surface area contributed by atoms with Crippen LogP contribution in [0.25, 0.3) is 0 Å². The summed E-state index contributed by atoms with van der Waals surface area (Å²) in [6, 6.07) is 7.76. The summed E-state index contributed by atoms with van der Waals surface area (Å²) >= 11 is 0. The van der Waals surface area contributed by atoms with Crippen LogP contribution in [0.4, 0.5) is 0 Å². The van der Waals surface area contributed by atoms with Gasteiger partial charge in [0.05, 0.1) is 6.10 Å². The van der Waals surface area contributed by atoms with E-state index >= 15 is 0 Å². The van der Waals surface area contributed by atoms with E-state index in [-0.39, 0.29) is 13.0 Å². The standard InChI is InChI=1S/C14H18N2O4/c1-14(15,9-5-3-2-4-6-9)13(20)16-8-10(17)7-11(16)12(18)19/h2-6,10-11,17H,7-8,15H2,1H3,(H,18,19)/t10-,11+,14?/m1/s1. The molecule has 1 aliphatic heterocycles. The molecule has 0 aliphatic carbocycles. The normalized spacial score (nSPS) is 25.2. The molecule has 1 aromatic carbocycles. The highest BCUT2D eigenvalue weighted by Crippen LogP contribution is 2.26. The van der Waals surface area contributed by atoms with Gasteiger partial charge >= 0.3 is 5.97 Å². The maximum absolute atomic E-state index is 12.6. The van der Waals surface area contributed by atoms with Gasteiger partial charge in [-0.15, -0.1) is 0 Å². The molecule has 6 heteroatoms. The van der Waals surface area contributed by atoms with E-state index in [0.29, 0.717) is 5.56 Å². The van der Waals surface area contributed by atoms with E-state index in [9.17, 15) is 14.7 Å². The quantitative estimate of drug-likeness (QED) is 0.716. The van der Waals surface area contributed by atoms with Gasteiger partial charge in [-0.05, 0) is 12.5 Å². The topological polar surface area (TPSA) is 104 Å². The predicted molar refractivity (Wildman–Crippen MR) is 71.7 cm³/mol. The van der Waals surface area contributed by atoms with Crippen LogP contribution < -0.4 is 5.73 Å². The monoisotopic (exact) mass is 278 g/mol. The highest BCUT2D eigenvalue weighted by molar-refractivity contribution is 5.91. The van der Waals surface area contributed by atoms with Gasteiger partial charge in [0.2, 0.25) is 5.91 Å². The van der Waals surface area contributed by atoms with E-state index in [1.807, 2.05) is 6.07 Å². The third-order valence-corrected chi connectivity index (χ3v) is 3.64. The van der Waals surface area contributed by atoms with Gasteiger partial charge in [-0.3, -0.25) is 4.79 Å². The Morgan fingerprint density at radius 2 is 1.95 bits per heavy atom. The maximum atomic E-state index is 12.6. The summed E-state index contributed by atoms with van der Waals surface area (Å²) in [6.45, 7) is 1.55. The number of likely N-dealkylation sites (tertiary alicyclic amines) is 1. The number of hydrogen-bond acceptors (Lipinski definition) is 4. The van der Waals surface area contributed by atoms with Crippen molar-refractivity contribution in [2.45, 2.75) is 31.0 Å². The second kappa shape index (κ2) is 5.22. The molecule has 2 rings (SSSR count). The average Bonchev–Trinajstić information content (AvgIpc) is 2.81.